The molecule has 28 heavy (non-hydrogen) atoms. The topological polar surface area (TPSA) is 40.6 Å². The molecule has 0 saturated carbocycles. The highest BCUT2D eigenvalue weighted by atomic mass is 16.2. The second kappa shape index (κ2) is 8.17. The van der Waals surface area contributed by atoms with Crippen molar-refractivity contribution < 1.29 is 9.59 Å². The van der Waals surface area contributed by atoms with E-state index in [9.17, 15) is 9.59 Å². The molecule has 0 N–H and O–H groups in total. The van der Waals surface area contributed by atoms with E-state index in [0.29, 0.717) is 12.8 Å². The van der Waals surface area contributed by atoms with Gasteiger partial charge >= 0.3 is 0 Å². The summed E-state index contributed by atoms with van der Waals surface area (Å²) in [4.78, 5) is 29.5. The summed E-state index contributed by atoms with van der Waals surface area (Å²) < 4.78 is 0. The SMILES string of the molecule is CCC(=O)N1c2ccc(C)cc2[C@@H](N(C(=O)CC)c2ccc(C)cc2)C[C@H]1C. The Bertz CT molecular complexity index is 873. The third-order valence-corrected chi connectivity index (χ3v) is 5.57. The first-order valence-electron chi connectivity index (χ1n) is 10.2. The van der Waals surface area contributed by atoms with E-state index in [1.165, 1.54) is 5.56 Å². The summed E-state index contributed by atoms with van der Waals surface area (Å²) in [6.45, 7) is 9.98. The predicted molar refractivity (Wildman–Crippen MR) is 115 cm³/mol. The van der Waals surface area contributed by atoms with Crippen LogP contribution >= 0.6 is 0 Å². The first-order valence-corrected chi connectivity index (χ1v) is 10.2. The van der Waals surface area contributed by atoms with Crippen LogP contribution in [0, 0.1) is 13.8 Å². The number of benzene rings is 2. The van der Waals surface area contributed by atoms with Crippen LogP contribution in [-0.2, 0) is 9.59 Å². The van der Waals surface area contributed by atoms with E-state index in [1.807, 2.05) is 67.0 Å². The van der Waals surface area contributed by atoms with Crippen LogP contribution < -0.4 is 9.80 Å². The van der Waals surface area contributed by atoms with Gasteiger partial charge in [0.15, 0.2) is 0 Å². The normalized spacial score (nSPS) is 18.5. The molecule has 0 fully saturated rings. The van der Waals surface area contributed by atoms with Crippen molar-refractivity contribution in [1.82, 2.24) is 0 Å². The number of fused-ring (bicyclic) bond motifs is 1. The monoisotopic (exact) mass is 378 g/mol. The molecule has 0 radical (unpaired) electrons. The first kappa shape index (κ1) is 20.1. The molecule has 2 atom stereocenters. The summed E-state index contributed by atoms with van der Waals surface area (Å²) in [7, 11) is 0. The average Bonchev–Trinajstić information content (AvgIpc) is 2.69. The Kier molecular flexibility index (Phi) is 5.87. The summed E-state index contributed by atoms with van der Waals surface area (Å²) in [5.74, 6) is 0.225. The number of anilines is 2. The van der Waals surface area contributed by atoms with E-state index in [0.717, 1.165) is 28.9 Å². The molecule has 1 aliphatic heterocycles. The Morgan fingerprint density at radius 2 is 1.64 bits per heavy atom. The van der Waals surface area contributed by atoms with Crippen LogP contribution in [0.15, 0.2) is 42.5 Å². The summed E-state index contributed by atoms with van der Waals surface area (Å²) in [6.07, 6.45) is 1.64. The van der Waals surface area contributed by atoms with Crippen LogP contribution in [0.2, 0.25) is 0 Å². The second-order valence-electron chi connectivity index (χ2n) is 7.73. The Morgan fingerprint density at radius 1 is 1.00 bits per heavy atom. The largest absolute Gasteiger partial charge is 0.309 e. The van der Waals surface area contributed by atoms with Crippen LogP contribution in [-0.4, -0.2) is 17.9 Å². The molecule has 3 rings (SSSR count). The van der Waals surface area contributed by atoms with Gasteiger partial charge in [-0.15, -0.1) is 0 Å². The Morgan fingerprint density at radius 3 is 2.25 bits per heavy atom. The second-order valence-corrected chi connectivity index (χ2v) is 7.73. The maximum atomic E-state index is 13.0. The molecule has 1 aliphatic rings. The van der Waals surface area contributed by atoms with Gasteiger partial charge in [0.05, 0.1) is 6.04 Å². The molecule has 2 amide bonds. The van der Waals surface area contributed by atoms with Crippen molar-refractivity contribution in [2.24, 2.45) is 0 Å². The molecule has 148 valence electrons. The van der Waals surface area contributed by atoms with Crippen LogP contribution in [0.3, 0.4) is 0 Å². The van der Waals surface area contributed by atoms with Crippen LogP contribution in [0.25, 0.3) is 0 Å². The minimum Gasteiger partial charge on any atom is -0.309 e. The summed E-state index contributed by atoms with van der Waals surface area (Å²) >= 11 is 0. The number of hydrogen-bond donors (Lipinski definition) is 0. The third kappa shape index (κ3) is 3.68. The van der Waals surface area contributed by atoms with E-state index in [1.54, 1.807) is 0 Å². The van der Waals surface area contributed by atoms with E-state index in [2.05, 4.69) is 19.9 Å². The zero-order chi connectivity index (χ0) is 20.4. The highest BCUT2D eigenvalue weighted by Crippen LogP contribution is 2.43. The van der Waals surface area contributed by atoms with E-state index >= 15 is 0 Å². The van der Waals surface area contributed by atoms with Gasteiger partial charge in [0.1, 0.15) is 0 Å². The van der Waals surface area contributed by atoms with Gasteiger partial charge in [0.2, 0.25) is 11.8 Å². The molecule has 2 aromatic carbocycles. The highest BCUT2D eigenvalue weighted by Gasteiger charge is 2.37. The van der Waals surface area contributed by atoms with Crippen molar-refractivity contribution in [2.45, 2.75) is 66.0 Å². The van der Waals surface area contributed by atoms with Crippen molar-refractivity contribution in [1.29, 1.82) is 0 Å². The van der Waals surface area contributed by atoms with Gasteiger partial charge in [-0.05, 0) is 51.0 Å². The molecule has 0 bridgehead atoms. The van der Waals surface area contributed by atoms with Crippen LogP contribution in [0.4, 0.5) is 11.4 Å². The highest BCUT2D eigenvalue weighted by molar-refractivity contribution is 5.98. The van der Waals surface area contributed by atoms with Crippen molar-refractivity contribution in [3.05, 3.63) is 59.2 Å². The van der Waals surface area contributed by atoms with Gasteiger partial charge in [0.25, 0.3) is 0 Å². The van der Waals surface area contributed by atoms with Crippen LogP contribution in [0.1, 0.15) is 62.8 Å². The maximum Gasteiger partial charge on any atom is 0.227 e. The fourth-order valence-corrected chi connectivity index (χ4v) is 4.12. The van der Waals surface area contributed by atoms with Crippen molar-refractivity contribution in [3.63, 3.8) is 0 Å². The molecule has 0 saturated heterocycles. The fraction of sp³-hybridized carbons (Fsp3) is 0.417. The lowest BCUT2D eigenvalue weighted by atomic mass is 9.88. The molecule has 4 heteroatoms. The van der Waals surface area contributed by atoms with Gasteiger partial charge < -0.3 is 9.80 Å². The third-order valence-electron chi connectivity index (χ3n) is 5.57. The molecule has 1 heterocycles. The summed E-state index contributed by atoms with van der Waals surface area (Å²) in [5.41, 5.74) is 5.21. The lowest BCUT2D eigenvalue weighted by Gasteiger charge is -2.43. The molecule has 0 unspecified atom stereocenters. The summed E-state index contributed by atoms with van der Waals surface area (Å²) in [6, 6.07) is 14.3. The minimum absolute atomic E-state index is 0.0326. The maximum absolute atomic E-state index is 13.0. The lowest BCUT2D eigenvalue weighted by molar-refractivity contribution is -0.119. The number of amides is 2. The number of nitrogens with zero attached hydrogens (tertiary/aromatic N) is 2. The molecular formula is C24H30N2O2. The number of aryl methyl sites for hydroxylation is 2. The van der Waals surface area contributed by atoms with E-state index < -0.39 is 0 Å². The van der Waals surface area contributed by atoms with Crippen molar-refractivity contribution in [2.75, 3.05) is 9.80 Å². The van der Waals surface area contributed by atoms with Gasteiger partial charge in [-0.25, -0.2) is 0 Å². The molecule has 0 aromatic heterocycles. The summed E-state index contributed by atoms with van der Waals surface area (Å²) in [5, 5.41) is 0. The predicted octanol–water partition coefficient (Wildman–Crippen LogP) is 5.32. The van der Waals surface area contributed by atoms with E-state index in [-0.39, 0.29) is 23.9 Å². The molecule has 4 nitrogen and oxygen atoms in total. The molecule has 0 aliphatic carbocycles. The van der Waals surface area contributed by atoms with Gasteiger partial charge in [-0.2, -0.15) is 0 Å². The number of carbonyl (C=O) groups is 2. The van der Waals surface area contributed by atoms with Gasteiger partial charge in [0, 0.05) is 30.3 Å². The molecule has 0 spiro atoms. The number of hydrogen-bond acceptors (Lipinski definition) is 2. The number of carbonyl (C=O) groups excluding carboxylic acids is 2. The molecule has 2 aromatic rings. The average molecular weight is 379 g/mol. The van der Waals surface area contributed by atoms with Gasteiger partial charge in [-0.1, -0.05) is 49.2 Å². The van der Waals surface area contributed by atoms with Crippen molar-refractivity contribution >= 4 is 23.2 Å². The Balaban J connectivity index is 2.15. The quantitative estimate of drug-likeness (QED) is 0.722. The zero-order valence-corrected chi connectivity index (χ0v) is 17.5. The zero-order valence-electron chi connectivity index (χ0n) is 17.5. The number of rotatable bonds is 4. The van der Waals surface area contributed by atoms with E-state index in [4.69, 9.17) is 0 Å². The molecular weight excluding hydrogens is 348 g/mol. The van der Waals surface area contributed by atoms with Crippen molar-refractivity contribution in [3.8, 4) is 0 Å². The first-order chi connectivity index (χ1) is 13.4. The Hall–Kier alpha value is -2.62. The Labute approximate surface area is 168 Å². The van der Waals surface area contributed by atoms with Gasteiger partial charge in [-0.3, -0.25) is 9.59 Å². The fourth-order valence-electron chi connectivity index (χ4n) is 4.12. The lowest BCUT2D eigenvalue weighted by Crippen LogP contribution is -2.47. The van der Waals surface area contributed by atoms with Crippen LogP contribution in [0.5, 0.6) is 0 Å². The minimum atomic E-state index is -0.0824. The standard InChI is InChI=1S/C24H30N2O2/c1-6-23(27)25-18(5)15-22(20-14-17(4)10-13-21(20)25)26(24(28)7-2)19-11-8-16(3)9-12-19/h8-14,18,22H,6-7,15H2,1-5H3/t18-,22+/m1/s1. The smallest absolute Gasteiger partial charge is 0.227 e.